The fourth-order valence-corrected chi connectivity index (χ4v) is 6.29. The van der Waals surface area contributed by atoms with Gasteiger partial charge in [0.05, 0.1) is 15.6 Å². The van der Waals surface area contributed by atoms with Crippen LogP contribution in [0.4, 0.5) is 5.69 Å². The van der Waals surface area contributed by atoms with Crippen molar-refractivity contribution in [3.8, 4) is 5.75 Å². The molecule has 3 aromatic carbocycles. The van der Waals surface area contributed by atoms with E-state index in [1.807, 2.05) is 0 Å². The summed E-state index contributed by atoms with van der Waals surface area (Å²) < 4.78 is 28.8. The van der Waals surface area contributed by atoms with Gasteiger partial charge in [0, 0.05) is 16.6 Å². The monoisotopic (exact) mass is 655 g/mol. The minimum atomic E-state index is -4.15. The number of sulfonamides is 1. The summed E-state index contributed by atoms with van der Waals surface area (Å²) in [6.07, 6.45) is 5.65. The minimum Gasteiger partial charge on any atom is -0.363 e. The van der Waals surface area contributed by atoms with Gasteiger partial charge >= 0.3 is 0 Å². The maximum absolute atomic E-state index is 13.6. The first-order valence-corrected chi connectivity index (χ1v) is 15.3. The second kappa shape index (κ2) is 14.9. The number of nitrogens with zero attached hydrogens (tertiary/aromatic N) is 1. The molecule has 1 aliphatic heterocycles. The van der Waals surface area contributed by atoms with E-state index in [-0.39, 0.29) is 34.0 Å². The molecule has 3 aromatic rings. The largest absolute Gasteiger partial charge is 0.363 e. The normalized spacial score (nSPS) is 13.8. The third kappa shape index (κ3) is 8.59. The summed E-state index contributed by atoms with van der Waals surface area (Å²) in [4.78, 5) is 18.4. The maximum atomic E-state index is 13.6. The van der Waals surface area contributed by atoms with Crippen LogP contribution in [0.2, 0.25) is 5.02 Å². The predicted octanol–water partition coefficient (Wildman–Crippen LogP) is 6.61. The Hall–Kier alpha value is -2.30. The molecule has 1 amide bonds. The maximum Gasteiger partial charge on any atom is 0.295 e. The van der Waals surface area contributed by atoms with Crippen molar-refractivity contribution >= 4 is 61.6 Å². The second-order valence-electron chi connectivity index (χ2n) is 9.20. The highest BCUT2D eigenvalue weighted by molar-refractivity contribution is 9.10. The molecule has 0 saturated carbocycles. The summed E-state index contributed by atoms with van der Waals surface area (Å²) >= 11 is 9.63. The first-order chi connectivity index (χ1) is 18.3. The Labute approximate surface area is 249 Å². The molecule has 11 heteroatoms. The quantitative estimate of drug-likeness (QED) is 0.179. The highest BCUT2D eigenvalue weighted by atomic mass is 79.9. The fraction of sp³-hybridized carbons (Fsp3) is 0.321. The summed E-state index contributed by atoms with van der Waals surface area (Å²) in [7, 11) is -4.15. The van der Waals surface area contributed by atoms with Gasteiger partial charge in [-0.2, -0.15) is 8.42 Å². The third-order valence-corrected chi connectivity index (χ3v) is 8.84. The molecule has 7 nitrogen and oxygen atoms in total. The van der Waals surface area contributed by atoms with Crippen molar-refractivity contribution in [2.24, 2.45) is 5.92 Å². The molecule has 0 radical (unpaired) electrons. The highest BCUT2D eigenvalue weighted by Crippen LogP contribution is 2.32. The number of para-hydroxylation sites is 1. The Morgan fingerprint density at radius 2 is 1.72 bits per heavy atom. The van der Waals surface area contributed by atoms with Crippen LogP contribution >= 0.6 is 39.9 Å². The van der Waals surface area contributed by atoms with E-state index in [9.17, 15) is 13.2 Å². The standard InChI is InChI=1S/C28H31BrClN3O4S.ClH/c29-23-11-14-27(26(30)20-23)37-33(24-7-2-1-3-8-24)38(35,36)25-12-9-22(10-13-25)28(34)32-17-5-4-6-21-15-18-31-19-16-21;/h1-3,7-14,20-21,31H,4-6,15-19H2,(H,32,34);1H. The van der Waals surface area contributed by atoms with Gasteiger partial charge in [-0.3, -0.25) is 4.79 Å². The van der Waals surface area contributed by atoms with Crippen molar-refractivity contribution in [1.29, 1.82) is 0 Å². The van der Waals surface area contributed by atoms with E-state index in [0.717, 1.165) is 40.8 Å². The van der Waals surface area contributed by atoms with Gasteiger partial charge in [-0.25, -0.2) is 0 Å². The number of halogens is 3. The lowest BCUT2D eigenvalue weighted by atomic mass is 9.92. The minimum absolute atomic E-state index is 0. The van der Waals surface area contributed by atoms with Gasteiger partial charge in [0.15, 0.2) is 5.75 Å². The van der Waals surface area contributed by atoms with Crippen LogP contribution < -0.4 is 19.9 Å². The number of carbonyl (C=O) groups excluding carboxylic acids is 1. The Bertz CT molecular complexity index is 1320. The number of amides is 1. The van der Waals surface area contributed by atoms with E-state index in [1.54, 1.807) is 48.5 Å². The van der Waals surface area contributed by atoms with Crippen LogP contribution in [0.3, 0.4) is 0 Å². The number of benzene rings is 3. The molecule has 0 aromatic heterocycles. The van der Waals surface area contributed by atoms with Crippen molar-refractivity contribution in [3.05, 3.63) is 87.9 Å². The van der Waals surface area contributed by atoms with Crippen molar-refractivity contribution < 1.29 is 18.0 Å². The molecule has 1 heterocycles. The number of nitrogens with one attached hydrogen (secondary N) is 2. The predicted molar refractivity (Wildman–Crippen MR) is 161 cm³/mol. The highest BCUT2D eigenvalue weighted by Gasteiger charge is 2.28. The number of piperidine rings is 1. The van der Waals surface area contributed by atoms with Gasteiger partial charge in [-0.05, 0) is 92.9 Å². The summed E-state index contributed by atoms with van der Waals surface area (Å²) in [5.41, 5.74) is 0.697. The van der Waals surface area contributed by atoms with Crippen molar-refractivity contribution in [2.75, 3.05) is 24.1 Å². The van der Waals surface area contributed by atoms with Gasteiger partial charge < -0.3 is 15.5 Å². The molecule has 1 saturated heterocycles. The molecule has 1 fully saturated rings. The van der Waals surface area contributed by atoms with Crippen LogP contribution in [0.15, 0.2) is 82.2 Å². The Kier molecular flexibility index (Phi) is 11.9. The molecule has 210 valence electrons. The molecule has 0 spiro atoms. The lowest BCUT2D eigenvalue weighted by molar-refractivity contribution is 0.0952. The summed E-state index contributed by atoms with van der Waals surface area (Å²) in [6.45, 7) is 2.79. The SMILES string of the molecule is Cl.O=C(NCCCCC1CCNCC1)c1ccc(S(=O)(=O)N(Oc2ccc(Br)cc2Cl)c2ccccc2)cc1. The van der Waals surface area contributed by atoms with E-state index >= 15 is 0 Å². The fourth-order valence-electron chi connectivity index (χ4n) is 4.34. The molecular formula is C28H32BrCl2N3O4S. The van der Waals surface area contributed by atoms with E-state index < -0.39 is 10.0 Å². The molecule has 4 rings (SSSR count). The van der Waals surface area contributed by atoms with Crippen molar-refractivity contribution in [3.63, 3.8) is 0 Å². The van der Waals surface area contributed by atoms with Crippen LogP contribution in [0.25, 0.3) is 0 Å². The number of rotatable bonds is 11. The van der Waals surface area contributed by atoms with Crippen molar-refractivity contribution in [1.82, 2.24) is 10.6 Å². The van der Waals surface area contributed by atoms with Crippen LogP contribution in [-0.2, 0) is 10.0 Å². The molecule has 0 aliphatic carbocycles. The molecular weight excluding hydrogens is 625 g/mol. The van der Waals surface area contributed by atoms with Crippen LogP contribution in [0, 0.1) is 5.92 Å². The summed E-state index contributed by atoms with van der Waals surface area (Å²) in [6, 6.07) is 19.2. The average molecular weight is 657 g/mol. The van der Waals surface area contributed by atoms with Gasteiger partial charge in [0.1, 0.15) is 0 Å². The molecule has 0 unspecified atom stereocenters. The van der Waals surface area contributed by atoms with Crippen LogP contribution in [0.1, 0.15) is 42.5 Å². The Morgan fingerprint density at radius 3 is 2.38 bits per heavy atom. The molecule has 2 N–H and O–H groups in total. The average Bonchev–Trinajstić information content (AvgIpc) is 2.93. The van der Waals surface area contributed by atoms with Gasteiger partial charge in [0.25, 0.3) is 15.9 Å². The number of hydrogen-bond acceptors (Lipinski definition) is 5. The number of hydrogen-bond donors (Lipinski definition) is 2. The van der Waals surface area contributed by atoms with Crippen LogP contribution in [0.5, 0.6) is 5.75 Å². The smallest absolute Gasteiger partial charge is 0.295 e. The van der Waals surface area contributed by atoms with Gasteiger partial charge in [0.2, 0.25) is 0 Å². The molecule has 39 heavy (non-hydrogen) atoms. The van der Waals surface area contributed by atoms with Crippen LogP contribution in [-0.4, -0.2) is 34.0 Å². The molecule has 1 aliphatic rings. The first kappa shape index (κ1) is 31.2. The molecule has 0 atom stereocenters. The number of unbranched alkanes of at least 4 members (excludes halogenated alkanes) is 1. The number of carbonyl (C=O) groups is 1. The second-order valence-corrected chi connectivity index (χ2v) is 12.3. The lowest BCUT2D eigenvalue weighted by Gasteiger charge is -2.24. The summed E-state index contributed by atoms with van der Waals surface area (Å²) in [5.74, 6) is 0.729. The third-order valence-electron chi connectivity index (χ3n) is 6.46. The Balaban J connectivity index is 0.00000420. The van der Waals surface area contributed by atoms with E-state index in [0.29, 0.717) is 17.8 Å². The number of anilines is 1. The van der Waals surface area contributed by atoms with E-state index in [4.69, 9.17) is 16.4 Å². The molecule has 0 bridgehead atoms. The van der Waals surface area contributed by atoms with E-state index in [1.165, 1.54) is 43.5 Å². The first-order valence-electron chi connectivity index (χ1n) is 12.7. The van der Waals surface area contributed by atoms with Gasteiger partial charge in [-0.15, -0.1) is 12.4 Å². The van der Waals surface area contributed by atoms with E-state index in [2.05, 4.69) is 26.6 Å². The zero-order valence-corrected chi connectivity index (χ0v) is 25.3. The zero-order chi connectivity index (χ0) is 27.0. The van der Waals surface area contributed by atoms with Gasteiger partial charge in [-0.1, -0.05) is 63.0 Å². The zero-order valence-electron chi connectivity index (χ0n) is 21.3. The summed E-state index contributed by atoms with van der Waals surface area (Å²) in [5, 5.41) is 6.56. The lowest BCUT2D eigenvalue weighted by Crippen LogP contribution is -2.34. The topological polar surface area (TPSA) is 87.7 Å². The van der Waals surface area contributed by atoms with Crippen molar-refractivity contribution in [2.45, 2.75) is 37.0 Å². The Morgan fingerprint density at radius 1 is 1.03 bits per heavy atom.